The lowest BCUT2D eigenvalue weighted by Crippen LogP contribution is -2.41. The predicted octanol–water partition coefficient (Wildman–Crippen LogP) is 4.99. The molecule has 0 bridgehead atoms. The molecule has 0 radical (unpaired) electrons. The Balaban J connectivity index is 1.37. The molecule has 0 spiro atoms. The summed E-state index contributed by atoms with van der Waals surface area (Å²) < 4.78 is 11.4. The van der Waals surface area contributed by atoms with Crippen molar-refractivity contribution in [3.63, 3.8) is 0 Å². The lowest BCUT2D eigenvalue weighted by atomic mass is 9.95. The third-order valence-electron chi connectivity index (χ3n) is 6.22. The molecule has 1 fully saturated rings. The van der Waals surface area contributed by atoms with Crippen molar-refractivity contribution in [2.75, 3.05) is 25.5 Å². The zero-order valence-corrected chi connectivity index (χ0v) is 18.9. The summed E-state index contributed by atoms with van der Waals surface area (Å²) in [4.78, 5) is 32.1. The zero-order chi connectivity index (χ0) is 23.5. The van der Waals surface area contributed by atoms with Gasteiger partial charge in [-0.1, -0.05) is 36.4 Å². The Morgan fingerprint density at radius 3 is 2.50 bits per heavy atom. The minimum Gasteiger partial charge on any atom is -0.497 e. The predicted molar refractivity (Wildman–Crippen MR) is 130 cm³/mol. The van der Waals surface area contributed by atoms with Crippen LogP contribution in [-0.4, -0.2) is 41.9 Å². The molecule has 1 aliphatic heterocycles. The standard InChI is InChI=1S/C27H25N3O4/c1-33-20-10-11-21-22(17-20)34-25(24(21)18-7-3-2-4-8-18)27(32)30-15-12-19(13-16-30)26(31)29-23-9-5-6-14-28-23/h2-11,14,17,19H,12-13,15-16H2,1H3,(H,28,29,31). The zero-order valence-electron chi connectivity index (χ0n) is 18.9. The molecule has 172 valence electrons. The summed E-state index contributed by atoms with van der Waals surface area (Å²) in [5.41, 5.74) is 2.30. The molecule has 2 aromatic carbocycles. The topological polar surface area (TPSA) is 84.7 Å². The summed E-state index contributed by atoms with van der Waals surface area (Å²) in [5.74, 6) is 1.12. The molecule has 1 saturated heterocycles. The summed E-state index contributed by atoms with van der Waals surface area (Å²) in [5, 5.41) is 3.72. The van der Waals surface area contributed by atoms with Gasteiger partial charge in [-0.3, -0.25) is 9.59 Å². The molecule has 7 nitrogen and oxygen atoms in total. The second-order valence-corrected chi connectivity index (χ2v) is 8.31. The number of benzene rings is 2. The van der Waals surface area contributed by atoms with Crippen molar-refractivity contribution in [3.8, 4) is 16.9 Å². The van der Waals surface area contributed by atoms with Crippen molar-refractivity contribution in [1.82, 2.24) is 9.88 Å². The van der Waals surface area contributed by atoms with Gasteiger partial charge < -0.3 is 19.4 Å². The molecule has 0 atom stereocenters. The number of amides is 2. The number of likely N-dealkylation sites (tertiary alicyclic amines) is 1. The van der Waals surface area contributed by atoms with Crippen LogP contribution in [0.15, 0.2) is 77.3 Å². The highest BCUT2D eigenvalue weighted by atomic mass is 16.5. The van der Waals surface area contributed by atoms with Crippen LogP contribution in [0.3, 0.4) is 0 Å². The van der Waals surface area contributed by atoms with E-state index in [1.54, 1.807) is 36.4 Å². The Bertz CT molecular complexity index is 1310. The number of piperidine rings is 1. The van der Waals surface area contributed by atoms with Crippen LogP contribution in [0.5, 0.6) is 5.75 Å². The van der Waals surface area contributed by atoms with Gasteiger partial charge in [0.15, 0.2) is 0 Å². The number of aromatic nitrogens is 1. The molecule has 4 aromatic rings. The maximum absolute atomic E-state index is 13.6. The Morgan fingerprint density at radius 1 is 1.03 bits per heavy atom. The van der Waals surface area contributed by atoms with Crippen LogP contribution >= 0.6 is 0 Å². The minimum atomic E-state index is -0.169. The number of furan rings is 1. The van der Waals surface area contributed by atoms with E-state index in [2.05, 4.69) is 10.3 Å². The van der Waals surface area contributed by atoms with Gasteiger partial charge in [0.25, 0.3) is 5.91 Å². The first-order valence-electron chi connectivity index (χ1n) is 11.3. The number of anilines is 1. The van der Waals surface area contributed by atoms with Crippen molar-refractivity contribution in [1.29, 1.82) is 0 Å². The van der Waals surface area contributed by atoms with Gasteiger partial charge in [0.2, 0.25) is 11.7 Å². The quantitative estimate of drug-likeness (QED) is 0.458. The number of hydrogen-bond acceptors (Lipinski definition) is 5. The van der Waals surface area contributed by atoms with Crippen molar-refractivity contribution in [2.24, 2.45) is 5.92 Å². The molecular formula is C27H25N3O4. The van der Waals surface area contributed by atoms with Gasteiger partial charge in [0.1, 0.15) is 17.2 Å². The lowest BCUT2D eigenvalue weighted by molar-refractivity contribution is -0.121. The van der Waals surface area contributed by atoms with Gasteiger partial charge in [-0.2, -0.15) is 0 Å². The van der Waals surface area contributed by atoms with Crippen LogP contribution in [0.2, 0.25) is 0 Å². The number of ether oxygens (including phenoxy) is 1. The molecule has 1 N–H and O–H groups in total. The molecule has 1 aliphatic rings. The van der Waals surface area contributed by atoms with Crippen molar-refractivity contribution in [3.05, 3.63) is 78.7 Å². The smallest absolute Gasteiger partial charge is 0.290 e. The number of nitrogens with zero attached hydrogens (tertiary/aromatic N) is 2. The van der Waals surface area contributed by atoms with E-state index in [9.17, 15) is 9.59 Å². The Kier molecular flexibility index (Phi) is 5.99. The summed E-state index contributed by atoms with van der Waals surface area (Å²) in [7, 11) is 1.60. The molecule has 2 aromatic heterocycles. The molecular weight excluding hydrogens is 430 g/mol. The van der Waals surface area contributed by atoms with Gasteiger partial charge in [0, 0.05) is 42.2 Å². The SMILES string of the molecule is COc1ccc2c(-c3ccccc3)c(C(=O)N3CCC(C(=O)Nc4ccccn4)CC3)oc2c1. The number of methoxy groups -OCH3 is 1. The maximum atomic E-state index is 13.6. The third kappa shape index (κ3) is 4.24. The first-order chi connectivity index (χ1) is 16.6. The van der Waals surface area contributed by atoms with Crippen LogP contribution in [0, 0.1) is 5.92 Å². The van der Waals surface area contributed by atoms with Gasteiger partial charge in [-0.15, -0.1) is 0 Å². The van der Waals surface area contributed by atoms with Crippen LogP contribution in [0.1, 0.15) is 23.4 Å². The first kappa shape index (κ1) is 21.7. The van der Waals surface area contributed by atoms with E-state index in [1.807, 2.05) is 48.5 Å². The van der Waals surface area contributed by atoms with Crippen LogP contribution in [0.25, 0.3) is 22.1 Å². The second kappa shape index (κ2) is 9.39. The monoisotopic (exact) mass is 455 g/mol. The number of fused-ring (bicyclic) bond motifs is 1. The van der Waals surface area contributed by atoms with E-state index < -0.39 is 0 Å². The number of carbonyl (C=O) groups excluding carboxylic acids is 2. The highest BCUT2D eigenvalue weighted by molar-refractivity contribution is 6.08. The maximum Gasteiger partial charge on any atom is 0.290 e. The second-order valence-electron chi connectivity index (χ2n) is 8.31. The Hall–Kier alpha value is -4.13. The molecule has 3 heterocycles. The van der Waals surface area contributed by atoms with E-state index in [-0.39, 0.29) is 17.7 Å². The highest BCUT2D eigenvalue weighted by Crippen LogP contribution is 2.37. The number of pyridine rings is 1. The van der Waals surface area contributed by atoms with Crippen LogP contribution in [0.4, 0.5) is 5.82 Å². The van der Waals surface area contributed by atoms with Crippen molar-refractivity contribution in [2.45, 2.75) is 12.8 Å². The van der Waals surface area contributed by atoms with E-state index >= 15 is 0 Å². The fourth-order valence-corrected chi connectivity index (χ4v) is 4.40. The number of nitrogens with one attached hydrogen (secondary N) is 1. The fraction of sp³-hybridized carbons (Fsp3) is 0.222. The molecule has 0 saturated carbocycles. The van der Waals surface area contributed by atoms with Crippen molar-refractivity contribution >= 4 is 28.6 Å². The summed E-state index contributed by atoms with van der Waals surface area (Å²) in [6.45, 7) is 0.960. The number of carbonyl (C=O) groups is 2. The fourth-order valence-electron chi connectivity index (χ4n) is 4.40. The minimum absolute atomic E-state index is 0.0633. The highest BCUT2D eigenvalue weighted by Gasteiger charge is 2.31. The van der Waals surface area contributed by atoms with E-state index in [0.29, 0.717) is 48.8 Å². The average Bonchev–Trinajstić information content (AvgIpc) is 3.28. The summed E-state index contributed by atoms with van der Waals surface area (Å²) in [6, 6.07) is 20.8. The molecule has 5 rings (SSSR count). The number of rotatable bonds is 5. The Labute approximate surface area is 197 Å². The molecule has 0 aliphatic carbocycles. The average molecular weight is 456 g/mol. The van der Waals surface area contributed by atoms with E-state index in [0.717, 1.165) is 16.5 Å². The summed E-state index contributed by atoms with van der Waals surface area (Å²) in [6.07, 6.45) is 2.81. The van der Waals surface area contributed by atoms with Crippen LogP contribution in [-0.2, 0) is 4.79 Å². The molecule has 2 amide bonds. The van der Waals surface area contributed by atoms with Gasteiger partial charge in [-0.25, -0.2) is 4.98 Å². The van der Waals surface area contributed by atoms with Gasteiger partial charge >= 0.3 is 0 Å². The van der Waals surface area contributed by atoms with Gasteiger partial charge in [0.05, 0.1) is 7.11 Å². The van der Waals surface area contributed by atoms with E-state index in [4.69, 9.17) is 9.15 Å². The first-order valence-corrected chi connectivity index (χ1v) is 11.3. The largest absolute Gasteiger partial charge is 0.497 e. The number of hydrogen-bond donors (Lipinski definition) is 1. The molecule has 34 heavy (non-hydrogen) atoms. The molecule has 0 unspecified atom stereocenters. The third-order valence-corrected chi connectivity index (χ3v) is 6.22. The van der Waals surface area contributed by atoms with Crippen molar-refractivity contribution < 1.29 is 18.7 Å². The normalized spacial score (nSPS) is 14.2. The lowest BCUT2D eigenvalue weighted by Gasteiger charge is -2.31. The molecule has 7 heteroatoms. The summed E-state index contributed by atoms with van der Waals surface area (Å²) >= 11 is 0. The Morgan fingerprint density at radius 2 is 1.79 bits per heavy atom. The van der Waals surface area contributed by atoms with E-state index in [1.165, 1.54) is 0 Å². The van der Waals surface area contributed by atoms with Gasteiger partial charge in [-0.05, 0) is 42.7 Å². The van der Waals surface area contributed by atoms with Crippen LogP contribution < -0.4 is 10.1 Å².